The van der Waals surface area contributed by atoms with E-state index in [1.165, 1.54) is 20.8 Å². The summed E-state index contributed by atoms with van der Waals surface area (Å²) >= 11 is 0. The normalized spacial score (nSPS) is 13.1. The van der Waals surface area contributed by atoms with Gasteiger partial charge in [0.25, 0.3) is 5.91 Å². The highest BCUT2D eigenvalue weighted by atomic mass is 19.4. The number of nitrogens with one attached hydrogen (secondary N) is 2. The Labute approximate surface area is 126 Å². The number of amides is 2. The Hall–Kier alpha value is -2.06. The molecule has 0 aliphatic carbocycles. The van der Waals surface area contributed by atoms with Gasteiger partial charge in [-0.3, -0.25) is 14.3 Å². The van der Waals surface area contributed by atoms with Gasteiger partial charge in [0.1, 0.15) is 6.04 Å². The van der Waals surface area contributed by atoms with E-state index in [2.05, 4.69) is 15.7 Å². The molecule has 1 aromatic rings. The molecule has 0 saturated carbocycles. The van der Waals surface area contributed by atoms with Crippen LogP contribution in [0.15, 0.2) is 6.20 Å². The van der Waals surface area contributed by atoms with Gasteiger partial charge >= 0.3 is 6.18 Å². The lowest BCUT2D eigenvalue weighted by atomic mass is 10.2. The first-order valence-corrected chi connectivity index (χ1v) is 6.82. The van der Waals surface area contributed by atoms with Gasteiger partial charge in [-0.25, -0.2) is 0 Å². The third-order valence-corrected chi connectivity index (χ3v) is 2.89. The van der Waals surface area contributed by atoms with Crippen molar-refractivity contribution in [1.29, 1.82) is 0 Å². The van der Waals surface area contributed by atoms with Crippen molar-refractivity contribution in [2.24, 2.45) is 0 Å². The zero-order chi connectivity index (χ0) is 17.1. The van der Waals surface area contributed by atoms with Crippen molar-refractivity contribution in [3.63, 3.8) is 0 Å². The third kappa shape index (κ3) is 3.99. The van der Waals surface area contributed by atoms with E-state index in [0.717, 1.165) is 10.9 Å². The Kier molecular flexibility index (Phi) is 5.56. The number of hydrogen-bond donors (Lipinski definition) is 2. The highest BCUT2D eigenvalue weighted by Crippen LogP contribution is 2.33. The largest absolute Gasteiger partial charge is 0.433 e. The highest BCUT2D eigenvalue weighted by Gasteiger charge is 2.40. The number of carbonyl (C=O) groups is 2. The molecule has 0 saturated heterocycles. The lowest BCUT2D eigenvalue weighted by molar-refractivity contribution is -0.145. The Balaban J connectivity index is 3.07. The van der Waals surface area contributed by atoms with Gasteiger partial charge < -0.3 is 10.6 Å². The van der Waals surface area contributed by atoms with Crippen molar-refractivity contribution in [2.75, 3.05) is 6.54 Å². The Morgan fingerprint density at radius 3 is 2.36 bits per heavy atom. The second kappa shape index (κ2) is 6.80. The Bertz CT molecular complexity index is 552. The van der Waals surface area contributed by atoms with E-state index >= 15 is 0 Å². The minimum Gasteiger partial charge on any atom is -0.355 e. The molecule has 1 aromatic heterocycles. The van der Waals surface area contributed by atoms with Gasteiger partial charge in [-0.2, -0.15) is 18.3 Å². The molecule has 0 aliphatic heterocycles. The standard InChI is InChI=1S/C13H19F3N4O2/c1-5-17-11(21)8(4)19-12(22)9-6-18-20(7(2)3)10(9)13(14,15)16/h6-8H,5H2,1-4H3,(H,17,21)(H,19,22). The molecular weight excluding hydrogens is 301 g/mol. The van der Waals surface area contributed by atoms with Crippen LogP contribution in [0, 0.1) is 0 Å². The van der Waals surface area contributed by atoms with Crippen molar-refractivity contribution in [2.45, 2.75) is 46.0 Å². The molecule has 1 atom stereocenters. The molecule has 6 nitrogen and oxygen atoms in total. The molecule has 0 fully saturated rings. The quantitative estimate of drug-likeness (QED) is 0.867. The maximum absolute atomic E-state index is 13.2. The number of alkyl halides is 3. The number of likely N-dealkylation sites (N-methyl/N-ethyl adjacent to an activating group) is 1. The van der Waals surface area contributed by atoms with Crippen LogP contribution >= 0.6 is 0 Å². The SMILES string of the molecule is CCNC(=O)C(C)NC(=O)c1cnn(C(C)C)c1C(F)(F)F. The number of hydrogen-bond acceptors (Lipinski definition) is 3. The second-order valence-electron chi connectivity index (χ2n) is 5.03. The van der Waals surface area contributed by atoms with Crippen LogP contribution in [-0.2, 0) is 11.0 Å². The molecular formula is C13H19F3N4O2. The molecule has 0 bridgehead atoms. The second-order valence-corrected chi connectivity index (χ2v) is 5.03. The first-order chi connectivity index (χ1) is 10.1. The fourth-order valence-electron chi connectivity index (χ4n) is 1.87. The van der Waals surface area contributed by atoms with Crippen LogP contribution in [0.3, 0.4) is 0 Å². The summed E-state index contributed by atoms with van der Waals surface area (Å²) in [7, 11) is 0. The maximum Gasteiger partial charge on any atom is 0.433 e. The van der Waals surface area contributed by atoms with Crippen LogP contribution in [0.5, 0.6) is 0 Å². The van der Waals surface area contributed by atoms with E-state index in [-0.39, 0.29) is 0 Å². The molecule has 124 valence electrons. The number of carbonyl (C=O) groups excluding carboxylic acids is 2. The van der Waals surface area contributed by atoms with Gasteiger partial charge in [-0.15, -0.1) is 0 Å². The van der Waals surface area contributed by atoms with Gasteiger partial charge in [0.2, 0.25) is 5.91 Å². The molecule has 1 rings (SSSR count). The fraction of sp³-hybridized carbons (Fsp3) is 0.615. The lowest BCUT2D eigenvalue weighted by Crippen LogP contribution is -2.45. The van der Waals surface area contributed by atoms with Crippen LogP contribution in [0.2, 0.25) is 0 Å². The summed E-state index contributed by atoms with van der Waals surface area (Å²) in [6.45, 7) is 6.50. The first kappa shape index (κ1) is 18.0. The summed E-state index contributed by atoms with van der Waals surface area (Å²) in [6.07, 6.45) is -3.86. The number of aromatic nitrogens is 2. The van der Waals surface area contributed by atoms with Gasteiger partial charge in [-0.1, -0.05) is 0 Å². The molecule has 0 radical (unpaired) electrons. The predicted molar refractivity (Wildman–Crippen MR) is 73.2 cm³/mol. The molecule has 1 heterocycles. The average Bonchev–Trinajstić information content (AvgIpc) is 2.83. The summed E-state index contributed by atoms with van der Waals surface area (Å²) in [5.41, 5.74) is -1.72. The van der Waals surface area contributed by atoms with Crippen LogP contribution in [-0.4, -0.2) is 34.2 Å². The highest BCUT2D eigenvalue weighted by molar-refractivity contribution is 5.98. The van der Waals surface area contributed by atoms with E-state index in [1.54, 1.807) is 6.92 Å². The van der Waals surface area contributed by atoms with E-state index in [0.29, 0.717) is 6.54 Å². The number of halogens is 3. The van der Waals surface area contributed by atoms with Crippen LogP contribution in [0.1, 0.15) is 49.8 Å². The van der Waals surface area contributed by atoms with Crippen molar-refractivity contribution < 1.29 is 22.8 Å². The summed E-state index contributed by atoms with van der Waals surface area (Å²) in [6, 6.07) is -1.50. The molecule has 2 N–H and O–H groups in total. The smallest absolute Gasteiger partial charge is 0.355 e. The van der Waals surface area contributed by atoms with Crippen LogP contribution in [0.25, 0.3) is 0 Å². The van der Waals surface area contributed by atoms with Crippen molar-refractivity contribution in [3.8, 4) is 0 Å². The summed E-state index contributed by atoms with van der Waals surface area (Å²) < 4.78 is 40.2. The minimum atomic E-state index is -4.72. The molecule has 22 heavy (non-hydrogen) atoms. The zero-order valence-electron chi connectivity index (χ0n) is 12.8. The summed E-state index contributed by atoms with van der Waals surface area (Å²) in [5.74, 6) is -1.46. The van der Waals surface area contributed by atoms with Crippen LogP contribution in [0.4, 0.5) is 13.2 Å². The van der Waals surface area contributed by atoms with E-state index in [1.807, 2.05) is 0 Å². The third-order valence-electron chi connectivity index (χ3n) is 2.89. The lowest BCUT2D eigenvalue weighted by Gasteiger charge is -2.16. The maximum atomic E-state index is 13.2. The van der Waals surface area contributed by atoms with Crippen molar-refractivity contribution in [3.05, 3.63) is 17.5 Å². The van der Waals surface area contributed by atoms with Gasteiger partial charge in [-0.05, 0) is 27.7 Å². The average molecular weight is 320 g/mol. The number of rotatable bonds is 5. The monoisotopic (exact) mass is 320 g/mol. The van der Waals surface area contributed by atoms with E-state index in [4.69, 9.17) is 0 Å². The Morgan fingerprint density at radius 2 is 1.91 bits per heavy atom. The zero-order valence-corrected chi connectivity index (χ0v) is 12.8. The number of nitrogens with zero attached hydrogens (tertiary/aromatic N) is 2. The summed E-state index contributed by atoms with van der Waals surface area (Å²) in [5, 5.41) is 8.34. The van der Waals surface area contributed by atoms with Crippen molar-refractivity contribution >= 4 is 11.8 Å². The fourth-order valence-corrected chi connectivity index (χ4v) is 1.87. The van der Waals surface area contributed by atoms with Crippen molar-refractivity contribution in [1.82, 2.24) is 20.4 Å². The van der Waals surface area contributed by atoms with Gasteiger partial charge in [0, 0.05) is 12.6 Å². The molecule has 1 unspecified atom stereocenters. The first-order valence-electron chi connectivity index (χ1n) is 6.82. The summed E-state index contributed by atoms with van der Waals surface area (Å²) in [4.78, 5) is 23.6. The molecule has 9 heteroatoms. The minimum absolute atomic E-state index is 0.359. The molecule has 0 spiro atoms. The predicted octanol–water partition coefficient (Wildman–Crippen LogP) is 1.74. The van der Waals surface area contributed by atoms with Gasteiger partial charge in [0.05, 0.1) is 11.8 Å². The van der Waals surface area contributed by atoms with E-state index in [9.17, 15) is 22.8 Å². The van der Waals surface area contributed by atoms with E-state index < -0.39 is 41.3 Å². The Morgan fingerprint density at radius 1 is 1.32 bits per heavy atom. The molecule has 0 aliphatic rings. The topological polar surface area (TPSA) is 76.0 Å². The molecule has 0 aromatic carbocycles. The molecule has 2 amide bonds. The van der Waals surface area contributed by atoms with Gasteiger partial charge in [0.15, 0.2) is 5.69 Å². The van der Waals surface area contributed by atoms with Crippen LogP contribution < -0.4 is 10.6 Å².